The standard InChI is InChI=1S/C30H50O/c1-24(2)14-11-17-27(5)20-12-18-25(3)15-9-10-16-26(4)19-13-21-28(6)22-23-29-30(7,8)31-29/h14-16,20-21,29H,9-13,17-19,22-23H2,1-8H3. The molecule has 1 saturated heterocycles. The molecule has 0 N–H and O–H groups in total. The zero-order valence-corrected chi connectivity index (χ0v) is 21.9. The summed E-state index contributed by atoms with van der Waals surface area (Å²) in [6, 6.07) is 0. The van der Waals surface area contributed by atoms with Crippen LogP contribution in [0.1, 0.15) is 120 Å². The average Bonchev–Trinajstić information content (AvgIpc) is 3.30. The van der Waals surface area contributed by atoms with Crippen molar-refractivity contribution in [2.24, 2.45) is 0 Å². The van der Waals surface area contributed by atoms with Crippen molar-refractivity contribution in [2.45, 2.75) is 131 Å². The number of unbranched alkanes of at least 4 members (excludes halogenated alkanes) is 1. The van der Waals surface area contributed by atoms with Crippen molar-refractivity contribution in [3.8, 4) is 0 Å². The van der Waals surface area contributed by atoms with Gasteiger partial charge in [-0.1, -0.05) is 58.2 Å². The van der Waals surface area contributed by atoms with E-state index < -0.39 is 0 Å². The Bertz CT molecular complexity index is 677. The summed E-state index contributed by atoms with van der Waals surface area (Å²) in [4.78, 5) is 0. The van der Waals surface area contributed by atoms with Crippen molar-refractivity contribution in [1.29, 1.82) is 0 Å². The first-order chi connectivity index (χ1) is 14.6. The van der Waals surface area contributed by atoms with Crippen molar-refractivity contribution in [3.63, 3.8) is 0 Å². The minimum Gasteiger partial charge on any atom is -0.367 e. The number of allylic oxidation sites excluding steroid dienone is 10. The molecule has 0 aromatic rings. The minimum absolute atomic E-state index is 0.132. The van der Waals surface area contributed by atoms with Crippen LogP contribution in [0.25, 0.3) is 0 Å². The number of hydrogen-bond acceptors (Lipinski definition) is 1. The number of ether oxygens (including phenoxy) is 1. The maximum Gasteiger partial charge on any atom is 0.0892 e. The van der Waals surface area contributed by atoms with Gasteiger partial charge in [-0.3, -0.25) is 0 Å². The van der Waals surface area contributed by atoms with Crippen molar-refractivity contribution >= 4 is 0 Å². The van der Waals surface area contributed by atoms with Gasteiger partial charge in [0, 0.05) is 0 Å². The van der Waals surface area contributed by atoms with E-state index in [0.717, 1.165) is 12.8 Å². The Morgan fingerprint density at radius 1 is 0.581 bits per heavy atom. The third-order valence-corrected chi connectivity index (χ3v) is 6.27. The second kappa shape index (κ2) is 14.7. The summed E-state index contributed by atoms with van der Waals surface area (Å²) in [5.74, 6) is 0. The fraction of sp³-hybridized carbons (Fsp3) is 0.667. The van der Waals surface area contributed by atoms with Crippen molar-refractivity contribution in [2.75, 3.05) is 0 Å². The normalized spacial score (nSPS) is 19.5. The highest BCUT2D eigenvalue weighted by Gasteiger charge is 2.46. The van der Waals surface area contributed by atoms with E-state index in [9.17, 15) is 0 Å². The van der Waals surface area contributed by atoms with E-state index in [1.54, 1.807) is 0 Å². The summed E-state index contributed by atoms with van der Waals surface area (Å²) in [7, 11) is 0. The minimum atomic E-state index is 0.132. The van der Waals surface area contributed by atoms with Gasteiger partial charge < -0.3 is 4.74 Å². The molecule has 1 atom stereocenters. The summed E-state index contributed by atoms with van der Waals surface area (Å²) >= 11 is 0. The molecule has 1 nitrogen and oxygen atoms in total. The first kappa shape index (κ1) is 27.7. The van der Waals surface area contributed by atoms with Crippen LogP contribution in [0.2, 0.25) is 0 Å². The molecular formula is C30H50O. The van der Waals surface area contributed by atoms with E-state index in [4.69, 9.17) is 4.74 Å². The van der Waals surface area contributed by atoms with Gasteiger partial charge in [0.1, 0.15) is 0 Å². The van der Waals surface area contributed by atoms with Crippen LogP contribution >= 0.6 is 0 Å². The summed E-state index contributed by atoms with van der Waals surface area (Å²) in [5.41, 5.74) is 7.65. The van der Waals surface area contributed by atoms with Gasteiger partial charge in [0.15, 0.2) is 0 Å². The molecule has 1 unspecified atom stereocenters. The van der Waals surface area contributed by atoms with Crippen LogP contribution in [0.5, 0.6) is 0 Å². The third kappa shape index (κ3) is 14.4. The van der Waals surface area contributed by atoms with Crippen LogP contribution in [0.3, 0.4) is 0 Å². The van der Waals surface area contributed by atoms with Gasteiger partial charge in [-0.2, -0.15) is 0 Å². The van der Waals surface area contributed by atoms with Gasteiger partial charge in [-0.15, -0.1) is 0 Å². The fourth-order valence-electron chi connectivity index (χ4n) is 3.85. The van der Waals surface area contributed by atoms with Crippen molar-refractivity contribution in [1.82, 2.24) is 0 Å². The number of hydrogen-bond donors (Lipinski definition) is 0. The maximum atomic E-state index is 5.68. The van der Waals surface area contributed by atoms with E-state index >= 15 is 0 Å². The van der Waals surface area contributed by atoms with Gasteiger partial charge in [-0.25, -0.2) is 0 Å². The lowest BCUT2D eigenvalue weighted by Crippen LogP contribution is -2.02. The van der Waals surface area contributed by atoms with Gasteiger partial charge in [0.05, 0.1) is 11.7 Å². The smallest absolute Gasteiger partial charge is 0.0892 e. The molecule has 0 saturated carbocycles. The molecular weight excluding hydrogens is 376 g/mol. The summed E-state index contributed by atoms with van der Waals surface area (Å²) in [5, 5.41) is 0. The molecule has 0 bridgehead atoms. The molecule has 1 aliphatic rings. The Morgan fingerprint density at radius 3 is 1.32 bits per heavy atom. The first-order valence-electron chi connectivity index (χ1n) is 12.5. The van der Waals surface area contributed by atoms with E-state index in [1.807, 2.05) is 0 Å². The van der Waals surface area contributed by atoms with Gasteiger partial charge in [0.25, 0.3) is 0 Å². The van der Waals surface area contributed by atoms with Crippen molar-refractivity contribution in [3.05, 3.63) is 58.2 Å². The lowest BCUT2D eigenvalue weighted by Gasteiger charge is -2.03. The first-order valence-corrected chi connectivity index (χ1v) is 12.5. The fourth-order valence-corrected chi connectivity index (χ4v) is 3.85. The molecule has 31 heavy (non-hydrogen) atoms. The molecule has 0 aromatic carbocycles. The van der Waals surface area contributed by atoms with Gasteiger partial charge >= 0.3 is 0 Å². The monoisotopic (exact) mass is 426 g/mol. The second-order valence-electron chi connectivity index (χ2n) is 10.4. The third-order valence-electron chi connectivity index (χ3n) is 6.27. The summed E-state index contributed by atoms with van der Waals surface area (Å²) < 4.78 is 5.68. The molecule has 0 aromatic heterocycles. The highest BCUT2D eigenvalue weighted by Crippen LogP contribution is 2.38. The predicted molar refractivity (Wildman–Crippen MR) is 140 cm³/mol. The van der Waals surface area contributed by atoms with Gasteiger partial charge in [-0.05, 0) is 120 Å². The molecule has 0 amide bonds. The number of epoxide rings is 1. The highest BCUT2D eigenvalue weighted by molar-refractivity contribution is 5.08. The quantitative estimate of drug-likeness (QED) is 0.144. The van der Waals surface area contributed by atoms with E-state index in [0.29, 0.717) is 6.10 Å². The average molecular weight is 427 g/mol. The maximum absolute atomic E-state index is 5.68. The second-order valence-corrected chi connectivity index (χ2v) is 10.4. The Hall–Kier alpha value is -1.34. The zero-order chi connectivity index (χ0) is 23.3. The Kier molecular flexibility index (Phi) is 13.1. The Morgan fingerprint density at radius 2 is 0.935 bits per heavy atom. The largest absolute Gasteiger partial charge is 0.367 e. The zero-order valence-electron chi connectivity index (χ0n) is 21.9. The van der Waals surface area contributed by atoms with E-state index in [-0.39, 0.29) is 5.60 Å². The molecule has 0 spiro atoms. The Balaban J connectivity index is 2.15. The van der Waals surface area contributed by atoms with Crippen LogP contribution in [-0.2, 0) is 4.74 Å². The van der Waals surface area contributed by atoms with Crippen LogP contribution in [0.4, 0.5) is 0 Å². The topological polar surface area (TPSA) is 12.5 Å². The van der Waals surface area contributed by atoms with E-state index in [2.05, 4.69) is 85.8 Å². The number of rotatable bonds is 15. The highest BCUT2D eigenvalue weighted by atomic mass is 16.6. The molecule has 1 heterocycles. The Labute approximate surface area is 194 Å². The lowest BCUT2D eigenvalue weighted by molar-refractivity contribution is 0.320. The molecule has 1 rings (SSSR count). The lowest BCUT2D eigenvalue weighted by atomic mass is 10.0. The van der Waals surface area contributed by atoms with Crippen LogP contribution < -0.4 is 0 Å². The SMILES string of the molecule is CC(C)=CCCC(C)=CCCC(C)=CCCC=C(C)CCC=C(C)CCC1OC1(C)C. The molecule has 1 aliphatic heterocycles. The molecule has 0 aliphatic carbocycles. The van der Waals surface area contributed by atoms with E-state index in [1.165, 1.54) is 79.2 Å². The van der Waals surface area contributed by atoms with Crippen LogP contribution in [-0.4, -0.2) is 11.7 Å². The summed E-state index contributed by atoms with van der Waals surface area (Å²) in [6.07, 6.45) is 24.3. The van der Waals surface area contributed by atoms with Crippen LogP contribution in [0, 0.1) is 0 Å². The van der Waals surface area contributed by atoms with Crippen molar-refractivity contribution < 1.29 is 4.74 Å². The molecule has 1 heteroatoms. The molecule has 176 valence electrons. The molecule has 0 radical (unpaired) electrons. The molecule has 1 fully saturated rings. The van der Waals surface area contributed by atoms with Gasteiger partial charge in [0.2, 0.25) is 0 Å². The summed E-state index contributed by atoms with van der Waals surface area (Å²) in [6.45, 7) is 17.8. The predicted octanol–water partition coefficient (Wildman–Crippen LogP) is 9.82. The van der Waals surface area contributed by atoms with Crippen LogP contribution in [0.15, 0.2) is 58.2 Å².